The molecule has 1 aromatic heterocycles. The molecule has 0 bridgehead atoms. The summed E-state index contributed by atoms with van der Waals surface area (Å²) in [5.74, 6) is -0.795. The third-order valence-corrected chi connectivity index (χ3v) is 4.87. The number of carboxylic acid groups (broad SMARTS) is 1. The van der Waals surface area contributed by atoms with Crippen molar-refractivity contribution in [3.05, 3.63) is 29.7 Å². The number of esters is 1. The maximum Gasteiger partial charge on any atom is 0.419 e. The maximum absolute atomic E-state index is 13.6. The fraction of sp³-hybridized carbons (Fsp3) is 0.500. The molecule has 3 rings (SSSR count). The number of unbranched alkanes of at least 4 members (excludes halogenated alkanes) is 1. The Morgan fingerprint density at radius 3 is 2.72 bits per heavy atom. The van der Waals surface area contributed by atoms with Gasteiger partial charge >= 0.3 is 18.2 Å². The van der Waals surface area contributed by atoms with Crippen LogP contribution in [0.2, 0.25) is 0 Å². The van der Waals surface area contributed by atoms with Gasteiger partial charge in [-0.15, -0.1) is 0 Å². The summed E-state index contributed by atoms with van der Waals surface area (Å²) in [6.07, 6.45) is -3.82. The number of aromatic nitrogens is 2. The van der Waals surface area contributed by atoms with Crippen molar-refractivity contribution < 1.29 is 41.9 Å². The summed E-state index contributed by atoms with van der Waals surface area (Å²) >= 11 is 0. The average molecular weight is 457 g/mol. The zero-order valence-electron chi connectivity index (χ0n) is 17.2. The second-order valence-electron chi connectivity index (χ2n) is 7.19. The Bertz CT molecular complexity index is 962. The minimum Gasteiger partial charge on any atom is -0.493 e. The normalized spacial score (nSPS) is 16.2. The van der Waals surface area contributed by atoms with Crippen molar-refractivity contribution in [3.63, 3.8) is 0 Å². The Labute approximate surface area is 181 Å². The standard InChI is InChI=1S/C20H22F3N3O6/c1-12(27)30-9-2-3-10-31-16-7-6-13(11-14(16)20(21,22)23)17-24-18(32-25-17)15-5-4-8-26(15)19(28)29/h6-7,11,15H,2-5,8-10H2,1H3,(H,28,29)/t15-/m0/s1. The number of likely N-dealkylation sites (tertiary alicyclic amines) is 1. The molecule has 0 radical (unpaired) electrons. The molecule has 1 aromatic carbocycles. The minimum absolute atomic E-state index is 0.0166. The van der Waals surface area contributed by atoms with Crippen molar-refractivity contribution in [1.82, 2.24) is 15.0 Å². The molecule has 32 heavy (non-hydrogen) atoms. The maximum atomic E-state index is 13.6. The molecule has 9 nitrogen and oxygen atoms in total. The first kappa shape index (κ1) is 23.4. The average Bonchev–Trinajstić information content (AvgIpc) is 3.39. The third-order valence-electron chi connectivity index (χ3n) is 4.87. The molecule has 1 fully saturated rings. The van der Waals surface area contributed by atoms with Gasteiger partial charge in [-0.25, -0.2) is 4.79 Å². The van der Waals surface area contributed by atoms with Gasteiger partial charge in [-0.3, -0.25) is 9.69 Å². The fourth-order valence-electron chi connectivity index (χ4n) is 3.36. The topological polar surface area (TPSA) is 115 Å². The molecule has 0 aliphatic carbocycles. The number of hydrogen-bond donors (Lipinski definition) is 1. The van der Waals surface area contributed by atoms with Crippen LogP contribution < -0.4 is 4.74 Å². The highest BCUT2D eigenvalue weighted by Gasteiger charge is 2.36. The van der Waals surface area contributed by atoms with E-state index in [-0.39, 0.29) is 36.2 Å². The molecule has 1 aliphatic heterocycles. The van der Waals surface area contributed by atoms with Crippen molar-refractivity contribution >= 4 is 12.1 Å². The zero-order valence-corrected chi connectivity index (χ0v) is 17.2. The molecular weight excluding hydrogens is 435 g/mol. The van der Waals surface area contributed by atoms with E-state index < -0.39 is 29.8 Å². The number of alkyl halides is 3. The fourth-order valence-corrected chi connectivity index (χ4v) is 3.36. The van der Waals surface area contributed by atoms with E-state index in [0.29, 0.717) is 32.2 Å². The van der Waals surface area contributed by atoms with Gasteiger partial charge < -0.3 is 19.1 Å². The highest BCUT2D eigenvalue weighted by Crippen LogP contribution is 2.39. The highest BCUT2D eigenvalue weighted by molar-refractivity contribution is 5.66. The van der Waals surface area contributed by atoms with Crippen LogP contribution in [0.15, 0.2) is 22.7 Å². The Kier molecular flexibility index (Phi) is 7.21. The van der Waals surface area contributed by atoms with E-state index in [9.17, 15) is 27.9 Å². The SMILES string of the molecule is CC(=O)OCCCCOc1ccc(-c2noc([C@@H]3CCCN3C(=O)O)n2)cc1C(F)(F)F. The number of hydrogen-bond acceptors (Lipinski definition) is 7. The second-order valence-corrected chi connectivity index (χ2v) is 7.19. The van der Waals surface area contributed by atoms with Gasteiger partial charge in [0.05, 0.1) is 18.8 Å². The van der Waals surface area contributed by atoms with E-state index in [2.05, 4.69) is 10.1 Å². The number of nitrogens with zero attached hydrogens (tertiary/aromatic N) is 3. The van der Waals surface area contributed by atoms with Crippen molar-refractivity contribution in [3.8, 4) is 17.1 Å². The molecule has 12 heteroatoms. The largest absolute Gasteiger partial charge is 0.493 e. The van der Waals surface area contributed by atoms with Crippen LogP contribution in [0.3, 0.4) is 0 Å². The van der Waals surface area contributed by atoms with Crippen LogP contribution in [0.25, 0.3) is 11.4 Å². The lowest BCUT2D eigenvalue weighted by atomic mass is 10.1. The molecule has 0 unspecified atom stereocenters. The zero-order chi connectivity index (χ0) is 23.3. The first-order valence-electron chi connectivity index (χ1n) is 9.97. The Morgan fingerprint density at radius 2 is 2.03 bits per heavy atom. The number of halogens is 3. The number of benzene rings is 1. The lowest BCUT2D eigenvalue weighted by Crippen LogP contribution is -2.28. The molecule has 2 aromatic rings. The van der Waals surface area contributed by atoms with E-state index in [1.807, 2.05) is 0 Å². The van der Waals surface area contributed by atoms with Gasteiger partial charge in [0, 0.05) is 19.0 Å². The van der Waals surface area contributed by atoms with Crippen molar-refractivity contribution in [1.29, 1.82) is 0 Å². The van der Waals surface area contributed by atoms with Gasteiger partial charge in [-0.05, 0) is 43.9 Å². The lowest BCUT2D eigenvalue weighted by Gasteiger charge is -2.17. The first-order chi connectivity index (χ1) is 15.2. The first-order valence-corrected chi connectivity index (χ1v) is 9.97. The molecule has 2 heterocycles. The van der Waals surface area contributed by atoms with Crippen LogP contribution in [-0.2, 0) is 15.7 Å². The van der Waals surface area contributed by atoms with Crippen LogP contribution in [0.4, 0.5) is 18.0 Å². The Morgan fingerprint density at radius 1 is 1.28 bits per heavy atom. The molecule has 1 atom stereocenters. The van der Waals surface area contributed by atoms with Gasteiger partial charge in [0.25, 0.3) is 0 Å². The number of carbonyl (C=O) groups excluding carboxylic acids is 1. The van der Waals surface area contributed by atoms with Crippen LogP contribution >= 0.6 is 0 Å². The predicted molar refractivity (Wildman–Crippen MR) is 103 cm³/mol. The van der Waals surface area contributed by atoms with E-state index in [4.69, 9.17) is 14.0 Å². The molecule has 1 aliphatic rings. The predicted octanol–water partition coefficient (Wildman–Crippen LogP) is 4.29. The van der Waals surface area contributed by atoms with E-state index in [1.165, 1.54) is 19.1 Å². The molecular formula is C20H22F3N3O6. The smallest absolute Gasteiger partial charge is 0.419 e. The number of carbonyl (C=O) groups is 2. The molecule has 1 amide bonds. The summed E-state index contributed by atoms with van der Waals surface area (Å²) in [4.78, 5) is 27.3. The summed E-state index contributed by atoms with van der Waals surface area (Å²) in [7, 11) is 0. The van der Waals surface area contributed by atoms with Crippen LogP contribution in [0, 0.1) is 0 Å². The number of amides is 1. The van der Waals surface area contributed by atoms with Gasteiger partial charge in [0.2, 0.25) is 11.7 Å². The van der Waals surface area contributed by atoms with E-state index in [1.54, 1.807) is 0 Å². The summed E-state index contributed by atoms with van der Waals surface area (Å²) in [6.45, 7) is 1.78. The van der Waals surface area contributed by atoms with Gasteiger partial charge in [-0.1, -0.05) is 5.16 Å². The second kappa shape index (κ2) is 9.88. The minimum atomic E-state index is -4.68. The summed E-state index contributed by atoms with van der Waals surface area (Å²) in [6, 6.07) is 2.80. The van der Waals surface area contributed by atoms with Crippen molar-refractivity contribution in [2.24, 2.45) is 0 Å². The quantitative estimate of drug-likeness (QED) is 0.461. The monoisotopic (exact) mass is 457 g/mol. The summed E-state index contributed by atoms with van der Waals surface area (Å²) < 4.78 is 55.9. The van der Waals surface area contributed by atoms with Crippen LogP contribution in [0.5, 0.6) is 5.75 Å². The summed E-state index contributed by atoms with van der Waals surface area (Å²) in [5, 5.41) is 13.0. The van der Waals surface area contributed by atoms with Gasteiger partial charge in [0.1, 0.15) is 11.8 Å². The Balaban J connectivity index is 1.72. The van der Waals surface area contributed by atoms with Crippen LogP contribution in [-0.4, -0.2) is 52.0 Å². The molecule has 0 saturated carbocycles. The lowest BCUT2D eigenvalue weighted by molar-refractivity contribution is -0.141. The Hall–Kier alpha value is -3.31. The highest BCUT2D eigenvalue weighted by atomic mass is 19.4. The third kappa shape index (κ3) is 5.68. The van der Waals surface area contributed by atoms with Crippen LogP contribution in [0.1, 0.15) is 50.1 Å². The molecule has 0 spiro atoms. The van der Waals surface area contributed by atoms with E-state index >= 15 is 0 Å². The summed E-state index contributed by atoms with van der Waals surface area (Å²) in [5.41, 5.74) is -0.927. The molecule has 1 saturated heterocycles. The van der Waals surface area contributed by atoms with Crippen molar-refractivity contribution in [2.45, 2.75) is 44.8 Å². The number of ether oxygens (including phenoxy) is 2. The van der Waals surface area contributed by atoms with E-state index in [0.717, 1.165) is 11.0 Å². The van der Waals surface area contributed by atoms with Gasteiger partial charge in [0.15, 0.2) is 0 Å². The molecule has 174 valence electrons. The molecule has 1 N–H and O–H groups in total. The van der Waals surface area contributed by atoms with Gasteiger partial charge in [-0.2, -0.15) is 18.2 Å². The number of rotatable bonds is 8. The van der Waals surface area contributed by atoms with Crippen molar-refractivity contribution in [2.75, 3.05) is 19.8 Å².